The fraction of sp³-hybridized carbons (Fsp3) is 0.900. The van der Waals surface area contributed by atoms with E-state index in [1.807, 2.05) is 6.92 Å². The number of carbonyl (C=O) groups excluding carboxylic acids is 1. The quantitative estimate of drug-likeness (QED) is 0.778. The molecule has 1 aliphatic rings. The van der Waals surface area contributed by atoms with E-state index in [9.17, 15) is 4.79 Å². The minimum atomic E-state index is -0.213. The van der Waals surface area contributed by atoms with Crippen LogP contribution in [0.1, 0.15) is 26.2 Å². The van der Waals surface area contributed by atoms with Gasteiger partial charge in [-0.2, -0.15) is 0 Å². The Bertz CT molecular complexity index is 213. The van der Waals surface area contributed by atoms with E-state index in [1.54, 1.807) is 0 Å². The summed E-state index contributed by atoms with van der Waals surface area (Å²) in [5.74, 6) is 0.0725. The molecule has 1 amide bonds. The van der Waals surface area contributed by atoms with Crippen molar-refractivity contribution in [3.05, 3.63) is 0 Å². The average molecular weight is 343 g/mol. The van der Waals surface area contributed by atoms with Crippen LogP contribution >= 0.6 is 31.9 Å². The van der Waals surface area contributed by atoms with Gasteiger partial charge in [-0.25, -0.2) is 0 Å². The number of alkyl halides is 2. The molecule has 0 aromatic heterocycles. The smallest absolute Gasteiger partial charge is 0.223 e. The summed E-state index contributed by atoms with van der Waals surface area (Å²) in [5.41, 5.74) is -0.213. The van der Waals surface area contributed by atoms with Crippen molar-refractivity contribution in [3.63, 3.8) is 0 Å². The summed E-state index contributed by atoms with van der Waals surface area (Å²) in [6.07, 6.45) is 2.69. The fourth-order valence-corrected chi connectivity index (χ4v) is 2.71. The molecule has 1 saturated heterocycles. The van der Waals surface area contributed by atoms with Gasteiger partial charge in [0.1, 0.15) is 0 Å². The number of nitrogens with one attached hydrogen (secondary N) is 1. The Morgan fingerprint density at radius 2 is 2.20 bits per heavy atom. The van der Waals surface area contributed by atoms with Crippen molar-refractivity contribution in [3.8, 4) is 0 Å². The van der Waals surface area contributed by atoms with E-state index in [4.69, 9.17) is 4.74 Å². The van der Waals surface area contributed by atoms with Gasteiger partial charge < -0.3 is 10.1 Å². The molecule has 0 spiro atoms. The molecule has 0 aromatic rings. The molecular formula is C10H17Br2NO2. The summed E-state index contributed by atoms with van der Waals surface area (Å²) < 4.78 is 5.42. The maximum atomic E-state index is 11.7. The van der Waals surface area contributed by atoms with Crippen molar-refractivity contribution in [2.45, 2.75) is 37.8 Å². The van der Waals surface area contributed by atoms with Gasteiger partial charge in [0.05, 0.1) is 18.1 Å². The highest BCUT2D eigenvalue weighted by Crippen LogP contribution is 2.17. The van der Waals surface area contributed by atoms with E-state index < -0.39 is 0 Å². The first-order valence-corrected chi connectivity index (χ1v) is 7.38. The van der Waals surface area contributed by atoms with Crippen LogP contribution in [-0.2, 0) is 9.53 Å². The van der Waals surface area contributed by atoms with Crippen molar-refractivity contribution in [2.24, 2.45) is 0 Å². The Morgan fingerprint density at radius 1 is 1.53 bits per heavy atom. The molecule has 1 atom stereocenters. The molecule has 88 valence electrons. The third-order valence-corrected chi connectivity index (χ3v) is 4.94. The van der Waals surface area contributed by atoms with Crippen LogP contribution in [0.3, 0.4) is 0 Å². The highest BCUT2D eigenvalue weighted by Gasteiger charge is 2.26. The maximum absolute atomic E-state index is 11.7. The molecule has 0 saturated carbocycles. The molecule has 1 heterocycles. The Hall–Kier alpha value is 0.390. The third-order valence-electron chi connectivity index (χ3n) is 2.47. The molecule has 0 bridgehead atoms. The van der Waals surface area contributed by atoms with Crippen LogP contribution in [0, 0.1) is 0 Å². The Kier molecular flexibility index (Phi) is 5.57. The monoisotopic (exact) mass is 341 g/mol. The molecule has 1 aliphatic heterocycles. The summed E-state index contributed by atoms with van der Waals surface area (Å²) in [5, 5.41) is 4.48. The first-order chi connectivity index (χ1) is 7.09. The highest BCUT2D eigenvalue weighted by molar-refractivity contribution is 9.09. The Morgan fingerprint density at radius 3 is 2.67 bits per heavy atom. The molecule has 1 unspecified atom stereocenters. The molecule has 1 fully saturated rings. The van der Waals surface area contributed by atoms with E-state index in [0.717, 1.165) is 30.1 Å². The van der Waals surface area contributed by atoms with Crippen LogP contribution in [0.5, 0.6) is 0 Å². The van der Waals surface area contributed by atoms with Gasteiger partial charge in [0, 0.05) is 17.3 Å². The minimum Gasteiger partial charge on any atom is -0.378 e. The number of rotatable bonds is 5. The standard InChI is InChI=1S/C10H17Br2NO2/c1-10(6-11,7-12)13-9(14)5-8-3-2-4-15-8/h8H,2-7H2,1H3,(H,13,14). The van der Waals surface area contributed by atoms with Gasteiger partial charge >= 0.3 is 0 Å². The number of halogens is 2. The second kappa shape index (κ2) is 6.21. The van der Waals surface area contributed by atoms with Crippen LogP contribution < -0.4 is 5.32 Å². The second-order valence-corrected chi connectivity index (χ2v) is 5.34. The first-order valence-electron chi connectivity index (χ1n) is 5.14. The summed E-state index contributed by atoms with van der Waals surface area (Å²) in [6, 6.07) is 0. The average Bonchev–Trinajstić information content (AvgIpc) is 2.70. The normalized spacial score (nSPS) is 21.7. The van der Waals surface area contributed by atoms with Crippen molar-refractivity contribution in [2.75, 3.05) is 17.3 Å². The largest absolute Gasteiger partial charge is 0.378 e. The zero-order chi connectivity index (χ0) is 11.3. The van der Waals surface area contributed by atoms with Gasteiger partial charge in [-0.3, -0.25) is 4.79 Å². The molecular weight excluding hydrogens is 326 g/mol. The molecule has 1 rings (SSSR count). The summed E-state index contributed by atoms with van der Waals surface area (Å²) in [6.45, 7) is 2.80. The zero-order valence-corrected chi connectivity index (χ0v) is 12.1. The topological polar surface area (TPSA) is 38.3 Å². The Balaban J connectivity index is 2.33. The third kappa shape index (κ3) is 4.41. The number of ether oxygens (including phenoxy) is 1. The lowest BCUT2D eigenvalue weighted by Gasteiger charge is -2.27. The van der Waals surface area contributed by atoms with Gasteiger partial charge in [-0.05, 0) is 19.8 Å². The highest BCUT2D eigenvalue weighted by atomic mass is 79.9. The number of hydrogen-bond donors (Lipinski definition) is 1. The Labute approximate surface area is 108 Å². The lowest BCUT2D eigenvalue weighted by Crippen LogP contribution is -2.49. The number of amides is 1. The molecule has 0 aliphatic carbocycles. The predicted molar refractivity (Wildman–Crippen MR) is 67.7 cm³/mol. The van der Waals surface area contributed by atoms with E-state index in [-0.39, 0.29) is 17.6 Å². The van der Waals surface area contributed by atoms with Crippen molar-refractivity contribution < 1.29 is 9.53 Å². The lowest BCUT2D eigenvalue weighted by atomic mass is 10.1. The SMILES string of the molecule is CC(CBr)(CBr)NC(=O)CC1CCCO1. The van der Waals surface area contributed by atoms with Gasteiger partial charge in [0.15, 0.2) is 0 Å². The predicted octanol–water partition coefficient (Wildman–Crippen LogP) is 2.22. The molecule has 0 radical (unpaired) electrons. The van der Waals surface area contributed by atoms with Crippen LogP contribution in [0.4, 0.5) is 0 Å². The maximum Gasteiger partial charge on any atom is 0.223 e. The fourth-order valence-electron chi connectivity index (χ4n) is 1.50. The van der Waals surface area contributed by atoms with Crippen molar-refractivity contribution in [1.29, 1.82) is 0 Å². The van der Waals surface area contributed by atoms with Crippen LogP contribution in [-0.4, -0.2) is 34.8 Å². The van der Waals surface area contributed by atoms with Crippen LogP contribution in [0.25, 0.3) is 0 Å². The van der Waals surface area contributed by atoms with Crippen molar-refractivity contribution in [1.82, 2.24) is 5.32 Å². The molecule has 5 heteroatoms. The summed E-state index contributed by atoms with van der Waals surface area (Å²) >= 11 is 6.79. The van der Waals surface area contributed by atoms with E-state index in [2.05, 4.69) is 37.2 Å². The van der Waals surface area contributed by atoms with Gasteiger partial charge in [-0.1, -0.05) is 31.9 Å². The number of hydrogen-bond acceptors (Lipinski definition) is 2. The number of carbonyl (C=O) groups is 1. The van der Waals surface area contributed by atoms with E-state index in [1.165, 1.54) is 0 Å². The van der Waals surface area contributed by atoms with E-state index in [0.29, 0.717) is 6.42 Å². The van der Waals surface area contributed by atoms with Gasteiger partial charge in [0.2, 0.25) is 5.91 Å². The summed E-state index contributed by atoms with van der Waals surface area (Å²) in [4.78, 5) is 11.7. The zero-order valence-electron chi connectivity index (χ0n) is 8.89. The summed E-state index contributed by atoms with van der Waals surface area (Å²) in [7, 11) is 0. The van der Waals surface area contributed by atoms with E-state index >= 15 is 0 Å². The first kappa shape index (κ1) is 13.5. The molecule has 3 nitrogen and oxygen atoms in total. The minimum absolute atomic E-state index is 0.0725. The van der Waals surface area contributed by atoms with Crippen LogP contribution in [0.15, 0.2) is 0 Å². The molecule has 0 aromatic carbocycles. The van der Waals surface area contributed by atoms with Crippen molar-refractivity contribution >= 4 is 37.8 Å². The second-order valence-electron chi connectivity index (χ2n) is 4.22. The van der Waals surface area contributed by atoms with Gasteiger partial charge in [0.25, 0.3) is 0 Å². The van der Waals surface area contributed by atoms with Crippen LogP contribution in [0.2, 0.25) is 0 Å². The molecule has 15 heavy (non-hydrogen) atoms. The lowest BCUT2D eigenvalue weighted by molar-refractivity contribution is -0.124. The molecule has 1 N–H and O–H groups in total. The van der Waals surface area contributed by atoms with Gasteiger partial charge in [-0.15, -0.1) is 0 Å².